The minimum absolute atomic E-state index is 0.0747. The maximum Gasteiger partial charge on any atom is 0.309 e. The molecule has 2 heterocycles. The highest BCUT2D eigenvalue weighted by atomic mass is 16.5. The number of rotatable bonds is 6. The molecule has 4 rings (SSSR count). The Morgan fingerprint density at radius 1 is 1.34 bits per heavy atom. The monoisotopic (exact) mass is 442 g/mol. The molecule has 1 aromatic heterocycles. The summed E-state index contributed by atoms with van der Waals surface area (Å²) in [6, 6.07) is 5.93. The molecule has 10 nitrogen and oxygen atoms in total. The molecular formula is C22H30N6O4. The Morgan fingerprint density at radius 3 is 2.94 bits per heavy atom. The number of carbonyl (C=O) groups is 2. The van der Waals surface area contributed by atoms with E-state index in [9.17, 15) is 9.59 Å². The third-order valence-electron chi connectivity index (χ3n) is 6.48. The van der Waals surface area contributed by atoms with E-state index in [1.165, 1.54) is 0 Å². The maximum atomic E-state index is 11.6. The second-order valence-corrected chi connectivity index (χ2v) is 8.44. The fraction of sp³-hybridized carbons (Fsp3) is 0.500. The normalized spacial score (nSPS) is 22.7. The van der Waals surface area contributed by atoms with Crippen molar-refractivity contribution in [3.63, 3.8) is 0 Å². The van der Waals surface area contributed by atoms with Crippen molar-refractivity contribution in [3.8, 4) is 11.5 Å². The summed E-state index contributed by atoms with van der Waals surface area (Å²) in [6.07, 6.45) is 4.55. The summed E-state index contributed by atoms with van der Waals surface area (Å²) in [5.41, 5.74) is 9.85. The number of fused-ring (bicyclic) bond motifs is 3. The number of pyridine rings is 1. The first-order chi connectivity index (χ1) is 15.5. The third kappa shape index (κ3) is 4.56. The first kappa shape index (κ1) is 22.1. The summed E-state index contributed by atoms with van der Waals surface area (Å²) < 4.78 is 11.3. The quantitative estimate of drug-likeness (QED) is 0.284. The zero-order valence-corrected chi connectivity index (χ0v) is 18.2. The molecule has 10 heteroatoms. The number of nitrogens with one attached hydrogen (secondary N) is 2. The van der Waals surface area contributed by atoms with Crippen molar-refractivity contribution in [3.05, 3.63) is 24.4 Å². The smallest absolute Gasteiger partial charge is 0.309 e. The second kappa shape index (κ2) is 9.58. The zero-order valence-electron chi connectivity index (χ0n) is 18.2. The van der Waals surface area contributed by atoms with Gasteiger partial charge < -0.3 is 25.4 Å². The lowest BCUT2D eigenvalue weighted by Gasteiger charge is -2.40. The molecule has 1 aliphatic carbocycles. The van der Waals surface area contributed by atoms with Crippen molar-refractivity contribution in [2.75, 3.05) is 38.3 Å². The van der Waals surface area contributed by atoms with Gasteiger partial charge in [0.15, 0.2) is 5.75 Å². The van der Waals surface area contributed by atoms with Gasteiger partial charge in [0, 0.05) is 24.5 Å². The summed E-state index contributed by atoms with van der Waals surface area (Å²) in [5, 5.41) is 3.63. The Balaban J connectivity index is 1.53. The number of carbonyl (C=O) groups excluding carboxylic acids is 2. The van der Waals surface area contributed by atoms with Crippen LogP contribution < -0.4 is 36.7 Å². The van der Waals surface area contributed by atoms with Crippen molar-refractivity contribution >= 4 is 28.4 Å². The van der Waals surface area contributed by atoms with Gasteiger partial charge >= 0.3 is 11.8 Å². The maximum absolute atomic E-state index is 11.6. The van der Waals surface area contributed by atoms with Crippen LogP contribution in [0.4, 0.5) is 5.69 Å². The number of amides is 2. The molecular weight excluding hydrogens is 412 g/mol. The Hall–Kier alpha value is -3.11. The van der Waals surface area contributed by atoms with E-state index in [0.29, 0.717) is 19.1 Å². The Bertz CT molecular complexity index is 995. The summed E-state index contributed by atoms with van der Waals surface area (Å²) in [6.45, 7) is 2.59. The number of hydrogen-bond acceptors (Lipinski definition) is 8. The van der Waals surface area contributed by atoms with E-state index in [-0.39, 0.29) is 12.0 Å². The van der Waals surface area contributed by atoms with Crippen LogP contribution in [0.1, 0.15) is 19.3 Å². The fourth-order valence-electron chi connectivity index (χ4n) is 4.85. The molecule has 0 saturated heterocycles. The Kier molecular flexibility index (Phi) is 6.61. The van der Waals surface area contributed by atoms with Crippen molar-refractivity contribution in [2.24, 2.45) is 23.4 Å². The van der Waals surface area contributed by atoms with Crippen LogP contribution in [-0.2, 0) is 9.59 Å². The van der Waals surface area contributed by atoms with Crippen LogP contribution in [0.25, 0.3) is 10.9 Å². The summed E-state index contributed by atoms with van der Waals surface area (Å²) in [7, 11) is 1.65. The number of nitrogens with zero attached hydrogens (tertiary/aromatic N) is 2. The van der Waals surface area contributed by atoms with Gasteiger partial charge in [-0.05, 0) is 49.3 Å². The van der Waals surface area contributed by atoms with Crippen LogP contribution in [0.15, 0.2) is 24.4 Å². The van der Waals surface area contributed by atoms with Gasteiger partial charge in [0.2, 0.25) is 0 Å². The molecule has 2 amide bonds. The van der Waals surface area contributed by atoms with Crippen molar-refractivity contribution in [2.45, 2.75) is 25.3 Å². The van der Waals surface area contributed by atoms with Crippen molar-refractivity contribution in [1.82, 2.24) is 15.7 Å². The number of hydrogen-bond donors (Lipinski definition) is 4. The Labute approximate surface area is 186 Å². The molecule has 0 bridgehead atoms. The third-order valence-corrected chi connectivity index (χ3v) is 6.48. The first-order valence-electron chi connectivity index (χ1n) is 10.9. The van der Waals surface area contributed by atoms with Crippen LogP contribution in [0.2, 0.25) is 0 Å². The number of ether oxygens (including phenoxy) is 2. The van der Waals surface area contributed by atoms with Crippen LogP contribution in [-0.4, -0.2) is 56.2 Å². The minimum atomic E-state index is -0.976. The summed E-state index contributed by atoms with van der Waals surface area (Å²) in [4.78, 5) is 29.6. The van der Waals surface area contributed by atoms with E-state index >= 15 is 0 Å². The van der Waals surface area contributed by atoms with E-state index < -0.39 is 11.8 Å². The predicted molar refractivity (Wildman–Crippen MR) is 120 cm³/mol. The van der Waals surface area contributed by atoms with Crippen molar-refractivity contribution < 1.29 is 19.1 Å². The molecule has 172 valence electrons. The number of methoxy groups -OCH3 is 1. The van der Waals surface area contributed by atoms with Crippen LogP contribution in [0, 0.1) is 11.8 Å². The van der Waals surface area contributed by atoms with Gasteiger partial charge in [-0.2, -0.15) is 0 Å². The first-order valence-corrected chi connectivity index (χ1v) is 10.9. The van der Waals surface area contributed by atoms with Crippen LogP contribution >= 0.6 is 0 Å². The molecule has 2 aliphatic rings. The molecule has 0 spiro atoms. The van der Waals surface area contributed by atoms with Gasteiger partial charge in [0.1, 0.15) is 12.4 Å². The van der Waals surface area contributed by atoms with E-state index in [0.717, 1.165) is 60.4 Å². The SMILES string of the molecule is COc1ccc2ncc3c(c2c1)N(C[C@@H]1CC[C@@H](NN)[C@@H](CNC(=O)C(N)=O)C1)CCO3. The topological polar surface area (TPSA) is 145 Å². The van der Waals surface area contributed by atoms with Gasteiger partial charge in [0.05, 0.1) is 31.1 Å². The van der Waals surface area contributed by atoms with Crippen molar-refractivity contribution in [1.29, 1.82) is 0 Å². The average molecular weight is 443 g/mol. The molecule has 0 radical (unpaired) electrons. The highest BCUT2D eigenvalue weighted by Crippen LogP contribution is 2.40. The molecule has 3 atom stereocenters. The molecule has 1 aliphatic heterocycles. The molecule has 1 aromatic carbocycles. The highest BCUT2D eigenvalue weighted by Gasteiger charge is 2.33. The number of anilines is 1. The summed E-state index contributed by atoms with van der Waals surface area (Å²) >= 11 is 0. The van der Waals surface area contributed by atoms with E-state index in [4.69, 9.17) is 21.1 Å². The standard InChI is InChI=1S/C22H30N6O4/c1-31-15-3-5-18-16(9-15)20-19(11-25-18)32-7-6-28(20)12-13-2-4-17(27-24)14(8-13)10-26-22(30)21(23)29/h3,5,9,11,13-14,17,27H,2,4,6-8,10,12,24H2,1H3,(H2,23,29)(H,26,30)/t13-,14-,17-/m1/s1. The largest absolute Gasteiger partial charge is 0.497 e. The van der Waals surface area contributed by atoms with E-state index in [2.05, 4.69) is 20.6 Å². The van der Waals surface area contributed by atoms with Crippen LogP contribution in [0.5, 0.6) is 11.5 Å². The number of hydrazine groups is 1. The predicted octanol–water partition coefficient (Wildman–Crippen LogP) is 0.292. The lowest BCUT2D eigenvalue weighted by Crippen LogP contribution is -2.50. The molecule has 2 aromatic rings. The lowest BCUT2D eigenvalue weighted by atomic mass is 9.77. The average Bonchev–Trinajstić information content (AvgIpc) is 2.82. The Morgan fingerprint density at radius 2 is 2.19 bits per heavy atom. The number of nitrogens with two attached hydrogens (primary N) is 2. The van der Waals surface area contributed by atoms with Gasteiger partial charge in [-0.25, -0.2) is 0 Å². The van der Waals surface area contributed by atoms with E-state index in [1.54, 1.807) is 13.3 Å². The van der Waals surface area contributed by atoms with Crippen LogP contribution in [0.3, 0.4) is 0 Å². The highest BCUT2D eigenvalue weighted by molar-refractivity contribution is 6.34. The van der Waals surface area contributed by atoms with Gasteiger partial charge in [-0.15, -0.1) is 0 Å². The molecule has 1 fully saturated rings. The summed E-state index contributed by atoms with van der Waals surface area (Å²) in [5.74, 6) is 6.06. The minimum Gasteiger partial charge on any atom is -0.497 e. The molecule has 0 unspecified atom stereocenters. The molecule has 6 N–H and O–H groups in total. The zero-order chi connectivity index (χ0) is 22.7. The van der Waals surface area contributed by atoms with E-state index in [1.807, 2.05) is 18.2 Å². The number of aromatic nitrogens is 1. The molecule has 1 saturated carbocycles. The second-order valence-electron chi connectivity index (χ2n) is 8.44. The van der Waals surface area contributed by atoms with Gasteiger partial charge in [0.25, 0.3) is 0 Å². The lowest BCUT2D eigenvalue weighted by molar-refractivity contribution is -0.137. The van der Waals surface area contributed by atoms with Gasteiger partial charge in [-0.1, -0.05) is 0 Å². The fourth-order valence-corrected chi connectivity index (χ4v) is 4.85. The van der Waals surface area contributed by atoms with Gasteiger partial charge in [-0.3, -0.25) is 25.8 Å². The molecule has 32 heavy (non-hydrogen) atoms. The number of primary amides is 1. The number of benzene rings is 1.